The minimum Gasteiger partial charge on any atom is -0.396 e. The number of carbonyl (C=O) groups excluding carboxylic acids is 1. The van der Waals surface area contributed by atoms with Crippen LogP contribution in [0, 0.1) is 0 Å². The predicted molar refractivity (Wildman–Crippen MR) is 109 cm³/mol. The fraction of sp³-hybridized carbons (Fsp3) is 0.167. The van der Waals surface area contributed by atoms with Gasteiger partial charge in [0.25, 0.3) is 5.91 Å². The van der Waals surface area contributed by atoms with Crippen LogP contribution >= 0.6 is 12.2 Å². The van der Waals surface area contributed by atoms with E-state index in [0.717, 1.165) is 46.7 Å². The van der Waals surface area contributed by atoms with Crippen molar-refractivity contribution in [1.29, 1.82) is 0 Å². The number of nitrogens with zero attached hydrogens (tertiary/aromatic N) is 4. The predicted octanol–water partition coefficient (Wildman–Crippen LogP) is 3.42. The number of halogens is 6. The Labute approximate surface area is 187 Å². The summed E-state index contributed by atoms with van der Waals surface area (Å²) in [5.41, 5.74) is 8.83. The molecule has 0 radical (unpaired) electrons. The van der Waals surface area contributed by atoms with Crippen LogP contribution in [0.15, 0.2) is 48.5 Å². The Kier molecular flexibility index (Phi) is 8.28. The van der Waals surface area contributed by atoms with Crippen molar-refractivity contribution in [3.8, 4) is 11.4 Å². The number of nitrogens with two attached hydrogens (primary N) is 1. The van der Waals surface area contributed by atoms with Crippen molar-refractivity contribution in [2.24, 2.45) is 5.73 Å². The Morgan fingerprint density at radius 2 is 1.64 bits per heavy atom. The number of benzene rings is 2. The lowest BCUT2D eigenvalue weighted by Gasteiger charge is -2.10. The Morgan fingerprint density at radius 3 is 2.21 bits per heavy atom. The van der Waals surface area contributed by atoms with Gasteiger partial charge in [0.05, 0.1) is 22.3 Å². The Hall–Kier alpha value is -3.75. The van der Waals surface area contributed by atoms with Gasteiger partial charge in [-0.1, -0.05) is 24.4 Å². The molecule has 0 bridgehead atoms. The van der Waals surface area contributed by atoms with Crippen molar-refractivity contribution in [3.63, 3.8) is 0 Å². The molecular weight excluding hydrogens is 476 g/mol. The zero-order valence-corrected chi connectivity index (χ0v) is 17.2. The van der Waals surface area contributed by atoms with Crippen LogP contribution in [0.5, 0.6) is 0 Å². The highest BCUT2D eigenvalue weighted by atomic mass is 32.1. The van der Waals surface area contributed by atoms with Gasteiger partial charge in [-0.2, -0.15) is 31.1 Å². The van der Waals surface area contributed by atoms with Crippen molar-refractivity contribution in [2.75, 3.05) is 5.43 Å². The molecule has 0 unspecified atom stereocenters. The molecule has 0 spiro atoms. The lowest BCUT2D eigenvalue weighted by Crippen LogP contribution is -2.33. The second-order valence-electron chi connectivity index (χ2n) is 6.11. The van der Waals surface area contributed by atoms with Crippen LogP contribution in [0.3, 0.4) is 0 Å². The number of thiocarbonyl (C=S) groups is 1. The number of carbonyl (C=O) groups is 1. The van der Waals surface area contributed by atoms with E-state index in [1.165, 1.54) is 12.1 Å². The molecule has 15 heteroatoms. The van der Waals surface area contributed by atoms with E-state index in [9.17, 15) is 31.1 Å². The highest BCUT2D eigenvalue weighted by Gasteiger charge is 2.31. The SMILES string of the molecule is NC=S.O=C(Cn1nnc(-c2cccc(C(F)(F)F)c2)n1)NNc1ccc(C(F)(F)F)cc1. The van der Waals surface area contributed by atoms with Crippen molar-refractivity contribution in [2.45, 2.75) is 18.9 Å². The Bertz CT molecular complexity index is 1080. The van der Waals surface area contributed by atoms with Crippen LogP contribution in [-0.2, 0) is 23.7 Å². The average molecular weight is 491 g/mol. The van der Waals surface area contributed by atoms with E-state index in [-0.39, 0.29) is 17.1 Å². The third-order valence-electron chi connectivity index (χ3n) is 3.74. The van der Waals surface area contributed by atoms with Crippen molar-refractivity contribution in [3.05, 3.63) is 59.7 Å². The van der Waals surface area contributed by atoms with E-state index in [1.54, 1.807) is 0 Å². The molecule has 0 aliphatic heterocycles. The second-order valence-corrected chi connectivity index (χ2v) is 6.38. The maximum Gasteiger partial charge on any atom is 0.416 e. The monoisotopic (exact) mass is 491 g/mol. The molecule has 3 rings (SSSR count). The molecule has 33 heavy (non-hydrogen) atoms. The molecule has 8 nitrogen and oxygen atoms in total. The molecule has 0 aliphatic rings. The molecule has 0 atom stereocenters. The van der Waals surface area contributed by atoms with Gasteiger partial charge in [-0.05, 0) is 41.6 Å². The van der Waals surface area contributed by atoms with Crippen LogP contribution in [0.4, 0.5) is 32.0 Å². The van der Waals surface area contributed by atoms with Gasteiger partial charge in [0.2, 0.25) is 5.82 Å². The lowest BCUT2D eigenvalue weighted by atomic mass is 10.1. The van der Waals surface area contributed by atoms with E-state index >= 15 is 0 Å². The zero-order chi connectivity index (χ0) is 24.6. The van der Waals surface area contributed by atoms with E-state index in [2.05, 4.69) is 44.2 Å². The third-order valence-corrected chi connectivity index (χ3v) is 3.74. The first kappa shape index (κ1) is 25.5. The molecule has 1 heterocycles. The summed E-state index contributed by atoms with van der Waals surface area (Å²) in [5.74, 6) is -0.771. The molecular formula is C18H15F6N7OS. The number of hydrogen-bond donors (Lipinski definition) is 3. The normalized spacial score (nSPS) is 11.2. The second kappa shape index (κ2) is 10.7. The number of hydrogen-bond acceptors (Lipinski definition) is 6. The average Bonchev–Trinajstić information content (AvgIpc) is 3.20. The largest absolute Gasteiger partial charge is 0.416 e. The third kappa shape index (κ3) is 7.71. The first-order valence-electron chi connectivity index (χ1n) is 8.77. The van der Waals surface area contributed by atoms with Gasteiger partial charge < -0.3 is 5.73 Å². The topological polar surface area (TPSA) is 111 Å². The number of rotatable bonds is 5. The van der Waals surface area contributed by atoms with E-state index in [0.29, 0.717) is 0 Å². The molecule has 1 amide bonds. The highest BCUT2D eigenvalue weighted by molar-refractivity contribution is 7.78. The van der Waals surface area contributed by atoms with Gasteiger partial charge in [0.15, 0.2) is 0 Å². The smallest absolute Gasteiger partial charge is 0.396 e. The van der Waals surface area contributed by atoms with Crippen LogP contribution in [0.1, 0.15) is 11.1 Å². The number of anilines is 1. The summed E-state index contributed by atoms with van der Waals surface area (Å²) >= 11 is 4.05. The quantitative estimate of drug-likeness (QED) is 0.285. The summed E-state index contributed by atoms with van der Waals surface area (Å²) in [6.45, 7) is -0.431. The fourth-order valence-electron chi connectivity index (χ4n) is 2.31. The fourth-order valence-corrected chi connectivity index (χ4v) is 2.31. The number of aromatic nitrogens is 4. The van der Waals surface area contributed by atoms with Crippen molar-refractivity contribution >= 4 is 29.3 Å². The number of hydrazine groups is 1. The van der Waals surface area contributed by atoms with Crippen molar-refractivity contribution in [1.82, 2.24) is 25.6 Å². The van der Waals surface area contributed by atoms with Gasteiger partial charge in [-0.3, -0.25) is 15.6 Å². The van der Waals surface area contributed by atoms with Gasteiger partial charge in [-0.25, -0.2) is 0 Å². The number of tetrazole rings is 1. The van der Waals surface area contributed by atoms with Crippen LogP contribution < -0.4 is 16.6 Å². The number of amides is 1. The van der Waals surface area contributed by atoms with Crippen LogP contribution in [0.25, 0.3) is 11.4 Å². The standard InChI is InChI=1S/C17H12F6N6O.CH3NS/c18-16(19,20)11-4-6-13(7-5-11)24-25-14(30)9-29-27-15(26-28-29)10-2-1-3-12(8-10)17(21,22)23;2-1-3/h1-8,24H,9H2,(H,25,30);1H,(H2,2,3). The molecule has 4 N–H and O–H groups in total. The molecule has 1 aromatic heterocycles. The first-order valence-corrected chi connectivity index (χ1v) is 9.24. The molecule has 0 saturated heterocycles. The molecule has 3 aromatic rings. The lowest BCUT2D eigenvalue weighted by molar-refractivity contribution is -0.138. The minimum atomic E-state index is -4.53. The maximum atomic E-state index is 12.8. The van der Waals surface area contributed by atoms with E-state index in [1.807, 2.05) is 0 Å². The summed E-state index contributed by atoms with van der Waals surface area (Å²) in [5, 5.41) is 11.1. The van der Waals surface area contributed by atoms with Gasteiger partial charge >= 0.3 is 12.4 Å². The highest BCUT2D eigenvalue weighted by Crippen LogP contribution is 2.31. The summed E-state index contributed by atoms with van der Waals surface area (Å²) in [6.07, 6.45) is -9.01. The van der Waals surface area contributed by atoms with Crippen LogP contribution in [-0.4, -0.2) is 31.6 Å². The summed E-state index contributed by atoms with van der Waals surface area (Å²) in [7, 11) is 0. The van der Waals surface area contributed by atoms with Crippen molar-refractivity contribution < 1.29 is 31.1 Å². The number of nitrogens with one attached hydrogen (secondary N) is 2. The van der Waals surface area contributed by atoms with Crippen LogP contribution in [0.2, 0.25) is 0 Å². The molecule has 2 aromatic carbocycles. The van der Waals surface area contributed by atoms with Gasteiger partial charge in [0, 0.05) is 5.56 Å². The van der Waals surface area contributed by atoms with E-state index in [4.69, 9.17) is 0 Å². The molecule has 176 valence electrons. The Morgan fingerprint density at radius 1 is 1.03 bits per heavy atom. The summed E-state index contributed by atoms with van der Waals surface area (Å²) in [4.78, 5) is 12.8. The van der Waals surface area contributed by atoms with Gasteiger partial charge in [0.1, 0.15) is 6.54 Å². The summed E-state index contributed by atoms with van der Waals surface area (Å²) in [6, 6.07) is 8.25. The first-order chi connectivity index (χ1) is 15.4. The van der Waals surface area contributed by atoms with Gasteiger partial charge in [-0.15, -0.1) is 10.2 Å². The molecule has 0 fully saturated rings. The minimum absolute atomic E-state index is 0.0689. The maximum absolute atomic E-state index is 12.8. The number of alkyl halides is 6. The molecule has 0 aliphatic carbocycles. The molecule has 0 saturated carbocycles. The zero-order valence-electron chi connectivity index (χ0n) is 16.4. The summed E-state index contributed by atoms with van der Waals surface area (Å²) < 4.78 is 75.9. The van der Waals surface area contributed by atoms with E-state index < -0.39 is 35.9 Å². The Balaban J connectivity index is 0.00000122.